The summed E-state index contributed by atoms with van der Waals surface area (Å²) in [5.74, 6) is 0.655. The highest BCUT2D eigenvalue weighted by Gasteiger charge is 2.39. The molecule has 3 amide bonds. The Morgan fingerprint density at radius 2 is 2.06 bits per heavy atom. The smallest absolute Gasteiger partial charge is 0.255 e. The zero-order chi connectivity index (χ0) is 23.8. The van der Waals surface area contributed by atoms with Crippen molar-refractivity contribution in [3.8, 4) is 5.75 Å². The first-order valence-electron chi connectivity index (χ1n) is 11.6. The van der Waals surface area contributed by atoms with Crippen LogP contribution in [0.15, 0.2) is 35.0 Å². The number of rotatable bonds is 6. The fourth-order valence-electron chi connectivity index (χ4n) is 4.89. The van der Waals surface area contributed by atoms with E-state index in [9.17, 15) is 14.4 Å². The van der Waals surface area contributed by atoms with Crippen molar-refractivity contribution < 1.29 is 23.6 Å². The van der Waals surface area contributed by atoms with Gasteiger partial charge in [-0.25, -0.2) is 0 Å². The van der Waals surface area contributed by atoms with Gasteiger partial charge in [-0.05, 0) is 63.1 Å². The highest BCUT2D eigenvalue weighted by molar-refractivity contribution is 6.05. The van der Waals surface area contributed by atoms with E-state index in [1.54, 1.807) is 11.0 Å². The number of ether oxygens (including phenoxy) is 1. The Balaban J connectivity index is 1.24. The minimum Gasteiger partial charge on any atom is -0.491 e. The van der Waals surface area contributed by atoms with Crippen molar-refractivity contribution >= 4 is 17.7 Å². The van der Waals surface area contributed by atoms with Crippen LogP contribution >= 0.6 is 0 Å². The Hall–Kier alpha value is -3.62. The van der Waals surface area contributed by atoms with E-state index in [2.05, 4.69) is 27.6 Å². The van der Waals surface area contributed by atoms with Gasteiger partial charge in [0.05, 0.1) is 11.7 Å². The van der Waals surface area contributed by atoms with E-state index < -0.39 is 11.9 Å². The molecule has 0 bridgehead atoms. The van der Waals surface area contributed by atoms with Gasteiger partial charge in [0, 0.05) is 30.6 Å². The minimum atomic E-state index is -0.617. The second kappa shape index (κ2) is 8.96. The number of aryl methyl sites for hydroxylation is 2. The van der Waals surface area contributed by atoms with Gasteiger partial charge >= 0.3 is 0 Å². The van der Waals surface area contributed by atoms with Crippen molar-refractivity contribution in [2.75, 3.05) is 6.61 Å². The van der Waals surface area contributed by atoms with Crippen LogP contribution in [0.2, 0.25) is 0 Å². The number of nitrogens with zero attached hydrogens (tertiary/aromatic N) is 3. The second-order valence-corrected chi connectivity index (χ2v) is 9.12. The molecule has 0 aliphatic carbocycles. The summed E-state index contributed by atoms with van der Waals surface area (Å²) >= 11 is 0. The third-order valence-electron chi connectivity index (χ3n) is 6.89. The summed E-state index contributed by atoms with van der Waals surface area (Å²) in [5.41, 5.74) is 3.42. The van der Waals surface area contributed by atoms with Gasteiger partial charge < -0.3 is 19.1 Å². The number of carbonyl (C=O) groups excluding carboxylic acids is 3. The molecule has 2 aromatic rings. The lowest BCUT2D eigenvalue weighted by Crippen LogP contribution is -2.52. The summed E-state index contributed by atoms with van der Waals surface area (Å²) in [7, 11) is 0. The van der Waals surface area contributed by atoms with Crippen molar-refractivity contribution in [2.45, 2.75) is 64.7 Å². The third kappa shape index (κ3) is 4.18. The van der Waals surface area contributed by atoms with E-state index >= 15 is 0 Å². The predicted octanol–water partition coefficient (Wildman–Crippen LogP) is 2.61. The Labute approximate surface area is 197 Å². The van der Waals surface area contributed by atoms with Crippen molar-refractivity contribution in [3.63, 3.8) is 0 Å². The number of fused-ring (bicyclic) bond motifs is 1. The lowest BCUT2D eigenvalue weighted by atomic mass is 10.0. The molecule has 1 aromatic heterocycles. The van der Waals surface area contributed by atoms with Gasteiger partial charge in [-0.15, -0.1) is 0 Å². The van der Waals surface area contributed by atoms with E-state index in [-0.39, 0.29) is 24.3 Å². The monoisotopic (exact) mass is 464 g/mol. The number of nitrogens with one attached hydrogen (secondary N) is 1. The Kier molecular flexibility index (Phi) is 5.85. The lowest BCUT2D eigenvalue weighted by molar-refractivity contribution is -0.136. The molecule has 1 aromatic carbocycles. The first kappa shape index (κ1) is 22.2. The number of hydrogen-bond donors (Lipinski definition) is 1. The van der Waals surface area contributed by atoms with E-state index in [1.165, 1.54) is 0 Å². The van der Waals surface area contributed by atoms with Gasteiger partial charge in [-0.1, -0.05) is 11.2 Å². The highest BCUT2D eigenvalue weighted by Crippen LogP contribution is 2.30. The van der Waals surface area contributed by atoms with Gasteiger partial charge in [0.15, 0.2) is 0 Å². The fourth-order valence-corrected chi connectivity index (χ4v) is 4.89. The molecule has 5 rings (SSSR count). The van der Waals surface area contributed by atoms with Crippen LogP contribution in [0.25, 0.3) is 0 Å². The van der Waals surface area contributed by atoms with Gasteiger partial charge in [-0.2, -0.15) is 0 Å². The molecule has 1 saturated heterocycles. The number of hydrogen-bond acceptors (Lipinski definition) is 7. The van der Waals surface area contributed by atoms with Crippen LogP contribution in [0.1, 0.15) is 58.6 Å². The van der Waals surface area contributed by atoms with Gasteiger partial charge in [0.25, 0.3) is 5.91 Å². The summed E-state index contributed by atoms with van der Waals surface area (Å²) < 4.78 is 11.5. The molecule has 0 radical (unpaired) electrons. The molecule has 1 N–H and O–H groups in total. The number of carbonyl (C=O) groups is 3. The van der Waals surface area contributed by atoms with Gasteiger partial charge in [-0.3, -0.25) is 19.7 Å². The fraction of sp³-hybridized carbons (Fsp3) is 0.440. The molecule has 3 aliphatic heterocycles. The summed E-state index contributed by atoms with van der Waals surface area (Å²) in [5, 5.41) is 6.39. The predicted molar refractivity (Wildman–Crippen MR) is 122 cm³/mol. The van der Waals surface area contributed by atoms with Crippen LogP contribution in [-0.4, -0.2) is 51.4 Å². The number of allylic oxidation sites excluding steroid dienone is 1. The normalized spacial score (nSPS) is 22.2. The maximum Gasteiger partial charge on any atom is 0.255 e. The molecule has 3 aliphatic rings. The van der Waals surface area contributed by atoms with Gasteiger partial charge in [0.2, 0.25) is 11.8 Å². The average Bonchev–Trinajstić information content (AvgIpc) is 3.32. The number of amides is 3. The van der Waals surface area contributed by atoms with Crippen LogP contribution in [0.5, 0.6) is 5.75 Å². The zero-order valence-corrected chi connectivity index (χ0v) is 19.4. The average molecular weight is 465 g/mol. The molecule has 0 saturated carbocycles. The van der Waals surface area contributed by atoms with E-state index in [0.717, 1.165) is 35.4 Å². The van der Waals surface area contributed by atoms with Crippen molar-refractivity contribution in [1.82, 2.24) is 20.3 Å². The Morgan fingerprint density at radius 3 is 2.82 bits per heavy atom. The first-order valence-corrected chi connectivity index (χ1v) is 11.6. The minimum absolute atomic E-state index is 0.181. The summed E-state index contributed by atoms with van der Waals surface area (Å²) in [6.07, 6.45) is 6.84. The molecule has 34 heavy (non-hydrogen) atoms. The molecule has 9 nitrogen and oxygen atoms in total. The third-order valence-corrected chi connectivity index (χ3v) is 6.89. The van der Waals surface area contributed by atoms with Crippen LogP contribution in [-0.2, 0) is 22.7 Å². The highest BCUT2D eigenvalue weighted by atomic mass is 16.5. The standard InChI is InChI=1S/C25H28N4O5/c1-15-21(16(2)34-27-15)13-28-10-4-3-5-18(28)14-33-19-6-7-20-17(11-19)12-29(25(20)32)22-8-9-23(30)26-24(22)31/h4,6-7,10-11,18,22H,3,5,8-9,12-14H2,1-2H3,(H,26,30,31)/t18-,22?/m0/s1. The Bertz CT molecular complexity index is 1150. The van der Waals surface area contributed by atoms with Crippen LogP contribution in [0.3, 0.4) is 0 Å². The maximum atomic E-state index is 12.9. The number of aromatic nitrogens is 1. The number of piperidine rings is 1. The maximum absolute atomic E-state index is 12.9. The van der Waals surface area contributed by atoms with E-state index in [0.29, 0.717) is 37.4 Å². The molecule has 178 valence electrons. The summed E-state index contributed by atoms with van der Waals surface area (Å²) in [4.78, 5) is 40.4. The second-order valence-electron chi connectivity index (χ2n) is 9.12. The molecule has 1 fully saturated rings. The van der Waals surface area contributed by atoms with Crippen LogP contribution in [0.4, 0.5) is 0 Å². The molecule has 9 heteroatoms. The number of benzene rings is 1. The number of imide groups is 1. The molecule has 1 unspecified atom stereocenters. The van der Waals surface area contributed by atoms with Crippen molar-refractivity contribution in [1.29, 1.82) is 0 Å². The molecular formula is C25H28N4O5. The zero-order valence-electron chi connectivity index (χ0n) is 19.4. The molecular weight excluding hydrogens is 436 g/mol. The van der Waals surface area contributed by atoms with E-state index in [1.807, 2.05) is 26.0 Å². The van der Waals surface area contributed by atoms with E-state index in [4.69, 9.17) is 9.26 Å². The molecule has 0 spiro atoms. The quantitative estimate of drug-likeness (QED) is 0.655. The largest absolute Gasteiger partial charge is 0.491 e. The first-order chi connectivity index (χ1) is 16.4. The topological polar surface area (TPSA) is 105 Å². The SMILES string of the molecule is Cc1noc(C)c1CN1C=CCC[C@H]1COc1ccc2c(c1)CN(C1CCC(=O)NC1=O)C2=O. The van der Waals surface area contributed by atoms with Gasteiger partial charge in [0.1, 0.15) is 24.2 Å². The van der Waals surface area contributed by atoms with Crippen molar-refractivity contribution in [2.24, 2.45) is 0 Å². The summed E-state index contributed by atoms with van der Waals surface area (Å²) in [6, 6.07) is 5.04. The lowest BCUT2D eigenvalue weighted by Gasteiger charge is -2.33. The Morgan fingerprint density at radius 1 is 1.21 bits per heavy atom. The van der Waals surface area contributed by atoms with Crippen molar-refractivity contribution in [3.05, 3.63) is 58.6 Å². The molecule has 2 atom stereocenters. The molecule has 4 heterocycles. The van der Waals surface area contributed by atoms with Crippen LogP contribution in [0, 0.1) is 13.8 Å². The summed E-state index contributed by atoms with van der Waals surface area (Å²) in [6.45, 7) is 5.44. The van der Waals surface area contributed by atoms with Crippen LogP contribution < -0.4 is 10.1 Å².